The number of aryl methyl sites for hydroxylation is 2. The molecule has 0 saturated carbocycles. The number of hydrogen-bond donors (Lipinski definition) is 1. The number of sulfonamides is 1. The first-order valence-electron chi connectivity index (χ1n) is 10.3. The molecular weight excluding hydrogens is 408 g/mol. The van der Waals surface area contributed by atoms with Crippen molar-refractivity contribution in [3.8, 4) is 0 Å². The number of benzene rings is 3. The van der Waals surface area contributed by atoms with Crippen molar-refractivity contribution in [1.29, 1.82) is 0 Å². The van der Waals surface area contributed by atoms with E-state index in [1.165, 1.54) is 4.31 Å². The van der Waals surface area contributed by atoms with Crippen molar-refractivity contribution in [1.82, 2.24) is 9.62 Å². The van der Waals surface area contributed by atoms with Gasteiger partial charge in [-0.15, -0.1) is 0 Å². The van der Waals surface area contributed by atoms with Gasteiger partial charge in [0.15, 0.2) is 0 Å². The molecule has 0 aliphatic heterocycles. The summed E-state index contributed by atoms with van der Waals surface area (Å²) in [7, 11) is -3.83. The first-order chi connectivity index (χ1) is 14.8. The molecule has 31 heavy (non-hydrogen) atoms. The number of hydrogen-bond acceptors (Lipinski definition) is 3. The smallest absolute Gasteiger partial charge is 0.243 e. The maximum Gasteiger partial charge on any atom is 0.243 e. The minimum atomic E-state index is -3.83. The second-order valence-electron chi connectivity index (χ2n) is 7.66. The normalized spacial score (nSPS) is 11.5. The second-order valence-corrected chi connectivity index (χ2v) is 9.60. The molecule has 0 aromatic heterocycles. The Morgan fingerprint density at radius 1 is 0.839 bits per heavy atom. The monoisotopic (exact) mass is 436 g/mol. The topological polar surface area (TPSA) is 66.5 Å². The van der Waals surface area contributed by atoms with Gasteiger partial charge >= 0.3 is 0 Å². The van der Waals surface area contributed by atoms with Crippen LogP contribution in [0, 0.1) is 13.8 Å². The lowest BCUT2D eigenvalue weighted by Crippen LogP contribution is -2.40. The van der Waals surface area contributed by atoms with Gasteiger partial charge in [0.1, 0.15) is 0 Å². The molecule has 0 aliphatic carbocycles. The van der Waals surface area contributed by atoms with Crippen LogP contribution in [0.4, 0.5) is 0 Å². The molecule has 0 heterocycles. The highest BCUT2D eigenvalue weighted by atomic mass is 32.2. The van der Waals surface area contributed by atoms with Gasteiger partial charge in [-0.3, -0.25) is 4.79 Å². The Bertz CT molecular complexity index is 1110. The van der Waals surface area contributed by atoms with Gasteiger partial charge in [-0.2, -0.15) is 4.31 Å². The third-order valence-electron chi connectivity index (χ3n) is 5.00. The van der Waals surface area contributed by atoms with E-state index in [1.54, 1.807) is 24.3 Å². The lowest BCUT2D eigenvalue weighted by atomic mass is 10.1. The van der Waals surface area contributed by atoms with Gasteiger partial charge in [0.2, 0.25) is 15.9 Å². The van der Waals surface area contributed by atoms with E-state index >= 15 is 0 Å². The van der Waals surface area contributed by atoms with Crippen molar-refractivity contribution in [2.45, 2.75) is 31.7 Å². The molecule has 6 heteroatoms. The van der Waals surface area contributed by atoms with Crippen LogP contribution in [0.5, 0.6) is 0 Å². The Morgan fingerprint density at radius 3 is 2.19 bits per heavy atom. The molecule has 0 radical (unpaired) electrons. The lowest BCUT2D eigenvalue weighted by Gasteiger charge is -2.22. The average molecular weight is 437 g/mol. The quantitative estimate of drug-likeness (QED) is 0.554. The van der Waals surface area contributed by atoms with Crippen LogP contribution in [0.15, 0.2) is 83.8 Å². The number of nitrogens with one attached hydrogen (secondary N) is 1. The Morgan fingerprint density at radius 2 is 1.52 bits per heavy atom. The van der Waals surface area contributed by atoms with Crippen molar-refractivity contribution < 1.29 is 13.2 Å². The Kier molecular flexibility index (Phi) is 7.60. The Hall–Kier alpha value is -2.96. The molecule has 0 bridgehead atoms. The van der Waals surface area contributed by atoms with E-state index in [0.717, 1.165) is 22.3 Å². The predicted octanol–water partition coefficient (Wildman–Crippen LogP) is 3.85. The molecule has 5 nitrogen and oxygen atoms in total. The number of carbonyl (C=O) groups excluding carboxylic acids is 1. The summed E-state index contributed by atoms with van der Waals surface area (Å²) in [5, 5.41) is 2.85. The summed E-state index contributed by atoms with van der Waals surface area (Å²) in [6.07, 6.45) is 0.690. The number of amides is 1. The largest absolute Gasteiger partial charge is 0.355 e. The van der Waals surface area contributed by atoms with Crippen LogP contribution in [-0.4, -0.2) is 31.7 Å². The average Bonchev–Trinajstić information content (AvgIpc) is 2.74. The lowest BCUT2D eigenvalue weighted by molar-refractivity contribution is -0.121. The van der Waals surface area contributed by atoms with Crippen LogP contribution in [0.2, 0.25) is 0 Å². The van der Waals surface area contributed by atoms with Crippen LogP contribution in [0.3, 0.4) is 0 Å². The predicted molar refractivity (Wildman–Crippen MR) is 123 cm³/mol. The number of carbonyl (C=O) groups is 1. The fourth-order valence-corrected chi connectivity index (χ4v) is 4.69. The number of rotatable bonds is 9. The summed E-state index contributed by atoms with van der Waals surface area (Å²) in [5.74, 6) is -0.320. The minimum Gasteiger partial charge on any atom is -0.355 e. The molecule has 1 amide bonds. The van der Waals surface area contributed by atoms with E-state index in [9.17, 15) is 13.2 Å². The standard InChI is InChI=1S/C25H28N2O3S/c1-20-11-13-24(14-12-20)31(29,30)27(18-23-10-6-7-21(2)17-23)19-25(28)26-16-15-22-8-4-3-5-9-22/h3-14,17H,15-16,18-19H2,1-2H3,(H,26,28). The zero-order chi connectivity index (χ0) is 22.3. The van der Waals surface area contributed by atoms with Gasteiger partial charge in [-0.25, -0.2) is 8.42 Å². The van der Waals surface area contributed by atoms with Gasteiger partial charge in [0, 0.05) is 13.1 Å². The zero-order valence-electron chi connectivity index (χ0n) is 17.9. The first-order valence-corrected chi connectivity index (χ1v) is 11.7. The molecule has 162 valence electrons. The zero-order valence-corrected chi connectivity index (χ0v) is 18.7. The third kappa shape index (κ3) is 6.51. The van der Waals surface area contributed by atoms with Crippen LogP contribution in [0.25, 0.3) is 0 Å². The minimum absolute atomic E-state index is 0.129. The molecule has 0 fully saturated rings. The van der Waals surface area contributed by atoms with E-state index in [4.69, 9.17) is 0 Å². The molecule has 0 spiro atoms. The van der Waals surface area contributed by atoms with Gasteiger partial charge in [-0.1, -0.05) is 77.9 Å². The van der Waals surface area contributed by atoms with Crippen LogP contribution in [0.1, 0.15) is 22.3 Å². The van der Waals surface area contributed by atoms with Crippen molar-refractivity contribution >= 4 is 15.9 Å². The van der Waals surface area contributed by atoms with Crippen molar-refractivity contribution in [3.63, 3.8) is 0 Å². The summed E-state index contributed by atoms with van der Waals surface area (Å²) in [5.41, 5.74) is 3.97. The SMILES string of the molecule is Cc1ccc(S(=O)(=O)N(CC(=O)NCCc2ccccc2)Cc2cccc(C)c2)cc1. The molecule has 0 atom stereocenters. The van der Waals surface area contributed by atoms with Crippen LogP contribution in [-0.2, 0) is 27.8 Å². The van der Waals surface area contributed by atoms with Gasteiger partial charge in [0.25, 0.3) is 0 Å². The summed E-state index contributed by atoms with van der Waals surface area (Å²) in [4.78, 5) is 12.8. The highest BCUT2D eigenvalue weighted by molar-refractivity contribution is 7.89. The summed E-state index contributed by atoms with van der Waals surface area (Å²) in [6.45, 7) is 4.20. The summed E-state index contributed by atoms with van der Waals surface area (Å²) >= 11 is 0. The molecular formula is C25H28N2O3S. The van der Waals surface area contributed by atoms with Crippen molar-refractivity contribution in [2.75, 3.05) is 13.1 Å². The van der Waals surface area contributed by atoms with Gasteiger partial charge < -0.3 is 5.32 Å². The molecule has 3 rings (SSSR count). The fraction of sp³-hybridized carbons (Fsp3) is 0.240. The highest BCUT2D eigenvalue weighted by Gasteiger charge is 2.26. The van der Waals surface area contributed by atoms with Crippen molar-refractivity contribution in [3.05, 3.63) is 101 Å². The number of nitrogens with zero attached hydrogens (tertiary/aromatic N) is 1. The molecule has 1 N–H and O–H groups in total. The van der Waals surface area contributed by atoms with E-state index < -0.39 is 10.0 Å². The second kappa shape index (κ2) is 10.4. The molecule has 0 aliphatic rings. The summed E-state index contributed by atoms with van der Waals surface area (Å²) < 4.78 is 27.9. The van der Waals surface area contributed by atoms with Crippen molar-refractivity contribution in [2.24, 2.45) is 0 Å². The maximum absolute atomic E-state index is 13.3. The summed E-state index contributed by atoms with van der Waals surface area (Å²) in [6, 6.07) is 24.2. The first kappa shape index (κ1) is 22.7. The highest BCUT2D eigenvalue weighted by Crippen LogP contribution is 2.19. The molecule has 3 aromatic rings. The van der Waals surface area contributed by atoms with E-state index in [-0.39, 0.29) is 23.9 Å². The maximum atomic E-state index is 13.3. The molecule has 0 unspecified atom stereocenters. The Labute approximate surface area is 184 Å². The van der Waals surface area contributed by atoms with Gasteiger partial charge in [-0.05, 0) is 43.5 Å². The molecule has 3 aromatic carbocycles. The Balaban J connectivity index is 1.74. The van der Waals surface area contributed by atoms with E-state index in [2.05, 4.69) is 5.32 Å². The van der Waals surface area contributed by atoms with Gasteiger partial charge in [0.05, 0.1) is 11.4 Å². The van der Waals surface area contributed by atoms with E-state index in [0.29, 0.717) is 13.0 Å². The third-order valence-corrected chi connectivity index (χ3v) is 6.80. The molecule has 0 saturated heterocycles. The van der Waals surface area contributed by atoms with Crippen LogP contribution < -0.4 is 5.32 Å². The van der Waals surface area contributed by atoms with E-state index in [1.807, 2.05) is 68.4 Å². The fourth-order valence-electron chi connectivity index (χ4n) is 3.31. The van der Waals surface area contributed by atoms with Crippen LogP contribution >= 0.6 is 0 Å².